The van der Waals surface area contributed by atoms with Crippen LogP contribution >= 0.6 is 11.6 Å². The summed E-state index contributed by atoms with van der Waals surface area (Å²) in [7, 11) is 0. The predicted octanol–water partition coefficient (Wildman–Crippen LogP) is 2.64. The molecule has 22 heavy (non-hydrogen) atoms. The van der Waals surface area contributed by atoms with Crippen molar-refractivity contribution in [2.45, 2.75) is 12.8 Å². The standard InChI is InChI=1S/C15H14ClNO5/c16-12-6-5-8(7-11(12)15(21)22)17-13(18)9-3-1-2-4-10(9)14(19)20/h1-2,5-7,9-10H,3-4H2,(H,17,18)(H,19,20)(H,21,22)/t9-,10-/m1/s1. The number of hydrogen-bond donors (Lipinski definition) is 3. The Morgan fingerprint density at radius 3 is 2.32 bits per heavy atom. The fourth-order valence-corrected chi connectivity index (χ4v) is 2.58. The van der Waals surface area contributed by atoms with Crippen LogP contribution in [-0.4, -0.2) is 28.1 Å². The summed E-state index contributed by atoms with van der Waals surface area (Å²) in [5.41, 5.74) is 0.142. The molecule has 0 saturated carbocycles. The van der Waals surface area contributed by atoms with Crippen LogP contribution < -0.4 is 5.32 Å². The number of hydrogen-bond acceptors (Lipinski definition) is 3. The van der Waals surface area contributed by atoms with Crippen LogP contribution in [0.2, 0.25) is 5.02 Å². The second kappa shape index (κ2) is 6.62. The Bertz CT molecular complexity index is 655. The van der Waals surface area contributed by atoms with Gasteiger partial charge < -0.3 is 15.5 Å². The number of nitrogens with one attached hydrogen (secondary N) is 1. The quantitative estimate of drug-likeness (QED) is 0.739. The average Bonchev–Trinajstić information content (AvgIpc) is 2.48. The van der Waals surface area contributed by atoms with Gasteiger partial charge in [0.05, 0.1) is 22.4 Å². The Balaban J connectivity index is 2.18. The monoisotopic (exact) mass is 323 g/mol. The van der Waals surface area contributed by atoms with E-state index in [2.05, 4.69) is 5.32 Å². The molecule has 1 aromatic carbocycles. The van der Waals surface area contributed by atoms with E-state index in [1.165, 1.54) is 18.2 Å². The SMILES string of the molecule is O=C(O)c1cc(NC(=O)[C@@H]2CC=CC[C@H]2C(=O)O)ccc1Cl. The molecule has 1 amide bonds. The van der Waals surface area contributed by atoms with Gasteiger partial charge in [0, 0.05) is 5.69 Å². The highest BCUT2D eigenvalue weighted by Crippen LogP contribution is 2.28. The summed E-state index contributed by atoms with van der Waals surface area (Å²) in [5.74, 6) is -4.14. The molecule has 0 heterocycles. The first-order valence-electron chi connectivity index (χ1n) is 6.61. The normalized spacial score (nSPS) is 20.4. The molecule has 0 saturated heterocycles. The molecule has 7 heteroatoms. The van der Waals surface area contributed by atoms with Crippen molar-refractivity contribution >= 4 is 35.1 Å². The van der Waals surface area contributed by atoms with Gasteiger partial charge >= 0.3 is 11.9 Å². The van der Waals surface area contributed by atoms with E-state index in [0.717, 1.165) is 0 Å². The zero-order valence-electron chi connectivity index (χ0n) is 11.5. The number of allylic oxidation sites excluding steroid dienone is 2. The highest BCUT2D eigenvalue weighted by atomic mass is 35.5. The molecule has 6 nitrogen and oxygen atoms in total. The zero-order valence-corrected chi connectivity index (χ0v) is 12.2. The van der Waals surface area contributed by atoms with Crippen molar-refractivity contribution in [3.63, 3.8) is 0 Å². The maximum Gasteiger partial charge on any atom is 0.337 e. The van der Waals surface area contributed by atoms with Crippen LogP contribution in [-0.2, 0) is 9.59 Å². The van der Waals surface area contributed by atoms with Gasteiger partial charge in [-0.1, -0.05) is 23.8 Å². The van der Waals surface area contributed by atoms with Gasteiger partial charge in [0.15, 0.2) is 0 Å². The highest BCUT2D eigenvalue weighted by molar-refractivity contribution is 6.33. The van der Waals surface area contributed by atoms with Gasteiger partial charge in [-0.05, 0) is 31.0 Å². The summed E-state index contributed by atoms with van der Waals surface area (Å²) in [6.45, 7) is 0. The highest BCUT2D eigenvalue weighted by Gasteiger charge is 2.34. The van der Waals surface area contributed by atoms with E-state index in [0.29, 0.717) is 12.8 Å². The maximum absolute atomic E-state index is 12.3. The van der Waals surface area contributed by atoms with E-state index in [9.17, 15) is 14.4 Å². The molecule has 1 aliphatic carbocycles. The van der Waals surface area contributed by atoms with E-state index in [-0.39, 0.29) is 16.3 Å². The van der Waals surface area contributed by atoms with Gasteiger partial charge in [-0.25, -0.2) is 4.79 Å². The number of aliphatic carboxylic acids is 1. The van der Waals surface area contributed by atoms with E-state index in [4.69, 9.17) is 21.8 Å². The molecule has 0 aromatic heterocycles. The van der Waals surface area contributed by atoms with Gasteiger partial charge in [0.1, 0.15) is 0 Å². The second-order valence-electron chi connectivity index (χ2n) is 4.98. The van der Waals surface area contributed by atoms with Crippen molar-refractivity contribution in [3.8, 4) is 0 Å². The molecule has 0 bridgehead atoms. The number of aromatic carboxylic acids is 1. The van der Waals surface area contributed by atoms with Crippen LogP contribution in [0.15, 0.2) is 30.4 Å². The third-order valence-electron chi connectivity index (χ3n) is 3.55. The first-order chi connectivity index (χ1) is 10.4. The van der Waals surface area contributed by atoms with Gasteiger partial charge in [0.25, 0.3) is 0 Å². The molecule has 0 aliphatic heterocycles. The fraction of sp³-hybridized carbons (Fsp3) is 0.267. The fourth-order valence-electron chi connectivity index (χ4n) is 2.38. The summed E-state index contributed by atoms with van der Waals surface area (Å²) < 4.78 is 0. The van der Waals surface area contributed by atoms with Crippen LogP contribution in [0.3, 0.4) is 0 Å². The van der Waals surface area contributed by atoms with Crippen LogP contribution in [0.4, 0.5) is 5.69 Å². The van der Waals surface area contributed by atoms with Crippen molar-refractivity contribution < 1.29 is 24.6 Å². The summed E-state index contributed by atoms with van der Waals surface area (Å²) >= 11 is 5.76. The molecular weight excluding hydrogens is 310 g/mol. The Morgan fingerprint density at radius 2 is 1.73 bits per heavy atom. The number of carboxylic acids is 2. The van der Waals surface area contributed by atoms with Gasteiger partial charge in [-0.3, -0.25) is 9.59 Å². The molecule has 2 atom stereocenters. The van der Waals surface area contributed by atoms with Crippen LogP contribution in [0.1, 0.15) is 23.2 Å². The third-order valence-corrected chi connectivity index (χ3v) is 3.88. The number of amides is 1. The van der Waals surface area contributed by atoms with Crippen LogP contribution in [0.5, 0.6) is 0 Å². The summed E-state index contributed by atoms with van der Waals surface area (Å²) in [6, 6.07) is 4.09. The Kier molecular flexibility index (Phi) is 4.82. The lowest BCUT2D eigenvalue weighted by Crippen LogP contribution is -2.34. The van der Waals surface area contributed by atoms with Crippen molar-refractivity contribution in [3.05, 3.63) is 40.9 Å². The summed E-state index contributed by atoms with van der Waals surface area (Å²) in [4.78, 5) is 34.5. The molecule has 116 valence electrons. The molecule has 0 unspecified atom stereocenters. The Hall–Kier alpha value is -2.34. The molecule has 0 fully saturated rings. The minimum Gasteiger partial charge on any atom is -0.481 e. The van der Waals surface area contributed by atoms with E-state index in [1.807, 2.05) is 0 Å². The average molecular weight is 324 g/mol. The lowest BCUT2D eigenvalue weighted by molar-refractivity contribution is -0.146. The number of carbonyl (C=O) groups is 3. The van der Waals surface area contributed by atoms with Gasteiger partial charge in [-0.2, -0.15) is 0 Å². The molecule has 2 rings (SSSR count). The maximum atomic E-state index is 12.3. The van der Waals surface area contributed by atoms with Crippen molar-refractivity contribution in [2.24, 2.45) is 11.8 Å². The van der Waals surface area contributed by atoms with Crippen molar-refractivity contribution in [1.82, 2.24) is 0 Å². The lowest BCUT2D eigenvalue weighted by Gasteiger charge is -2.24. The van der Waals surface area contributed by atoms with Crippen LogP contribution in [0, 0.1) is 11.8 Å². The molecule has 0 spiro atoms. The van der Waals surface area contributed by atoms with E-state index >= 15 is 0 Å². The van der Waals surface area contributed by atoms with Gasteiger partial charge in [-0.15, -0.1) is 0 Å². The number of benzene rings is 1. The summed E-state index contributed by atoms with van der Waals surface area (Å²) in [6.07, 6.45) is 4.15. The molecule has 1 aliphatic rings. The number of anilines is 1. The smallest absolute Gasteiger partial charge is 0.337 e. The van der Waals surface area contributed by atoms with Crippen LogP contribution in [0.25, 0.3) is 0 Å². The number of carbonyl (C=O) groups excluding carboxylic acids is 1. The van der Waals surface area contributed by atoms with Crippen molar-refractivity contribution in [2.75, 3.05) is 5.32 Å². The molecule has 1 aromatic rings. The Labute approximate surface area is 131 Å². The number of rotatable bonds is 4. The topological polar surface area (TPSA) is 104 Å². The largest absolute Gasteiger partial charge is 0.481 e. The first-order valence-corrected chi connectivity index (χ1v) is 6.99. The summed E-state index contributed by atoms with van der Waals surface area (Å²) in [5, 5.41) is 20.8. The zero-order chi connectivity index (χ0) is 16.3. The number of halogens is 1. The second-order valence-corrected chi connectivity index (χ2v) is 5.39. The van der Waals surface area contributed by atoms with E-state index in [1.54, 1.807) is 12.2 Å². The van der Waals surface area contributed by atoms with Gasteiger partial charge in [0.2, 0.25) is 5.91 Å². The molecule has 0 radical (unpaired) electrons. The lowest BCUT2D eigenvalue weighted by atomic mass is 9.82. The predicted molar refractivity (Wildman–Crippen MR) is 80.0 cm³/mol. The molecular formula is C15H14ClNO5. The third kappa shape index (κ3) is 3.46. The molecule has 3 N–H and O–H groups in total. The minimum absolute atomic E-state index is 0.0644. The van der Waals surface area contributed by atoms with E-state index < -0.39 is 29.7 Å². The Morgan fingerprint density at radius 1 is 1.09 bits per heavy atom. The first kappa shape index (κ1) is 16.0. The number of carboxylic acid groups (broad SMARTS) is 2. The van der Waals surface area contributed by atoms with Crippen molar-refractivity contribution in [1.29, 1.82) is 0 Å². The minimum atomic E-state index is -1.20.